The SMILES string of the molecule is CCc1ccc(-c2cc(C)c(B(c3c(C)cc(C)cc3C)c3c(C)cc(C)cc3C)c(C)c2)cc1. The van der Waals surface area contributed by atoms with Crippen LogP contribution in [0.5, 0.6) is 0 Å². The van der Waals surface area contributed by atoms with E-state index in [-0.39, 0.29) is 6.71 Å². The zero-order valence-corrected chi connectivity index (χ0v) is 23.1. The summed E-state index contributed by atoms with van der Waals surface area (Å²) < 4.78 is 0. The highest BCUT2D eigenvalue weighted by Crippen LogP contribution is 2.23. The molecule has 4 aromatic carbocycles. The van der Waals surface area contributed by atoms with Crippen LogP contribution < -0.4 is 16.4 Å². The molecular weight excluding hydrogens is 419 g/mol. The van der Waals surface area contributed by atoms with Gasteiger partial charge < -0.3 is 0 Å². The lowest BCUT2D eigenvalue weighted by atomic mass is 9.33. The molecule has 0 N–H and O–H groups in total. The monoisotopic (exact) mass is 458 g/mol. The summed E-state index contributed by atoms with van der Waals surface area (Å²) >= 11 is 0. The second-order valence-corrected chi connectivity index (χ2v) is 10.6. The van der Waals surface area contributed by atoms with Crippen LogP contribution in [-0.4, -0.2) is 6.71 Å². The van der Waals surface area contributed by atoms with Crippen molar-refractivity contribution in [3.63, 3.8) is 0 Å². The summed E-state index contributed by atoms with van der Waals surface area (Å²) in [6, 6.07) is 23.3. The minimum absolute atomic E-state index is 0.215. The number of hydrogen-bond acceptors (Lipinski definition) is 0. The molecule has 4 aromatic rings. The molecule has 0 aliphatic rings. The summed E-state index contributed by atoms with van der Waals surface area (Å²) in [5, 5.41) is 0. The Morgan fingerprint density at radius 1 is 0.457 bits per heavy atom. The van der Waals surface area contributed by atoms with Gasteiger partial charge in [0.1, 0.15) is 0 Å². The van der Waals surface area contributed by atoms with Crippen molar-refractivity contribution in [3.8, 4) is 11.1 Å². The van der Waals surface area contributed by atoms with Gasteiger partial charge >= 0.3 is 0 Å². The van der Waals surface area contributed by atoms with Gasteiger partial charge in [-0.25, -0.2) is 0 Å². The van der Waals surface area contributed by atoms with E-state index in [9.17, 15) is 0 Å². The third kappa shape index (κ3) is 4.87. The van der Waals surface area contributed by atoms with Crippen LogP contribution >= 0.6 is 0 Å². The summed E-state index contributed by atoms with van der Waals surface area (Å²) in [7, 11) is 0. The van der Waals surface area contributed by atoms with Gasteiger partial charge in [-0.2, -0.15) is 0 Å². The third-order valence-corrected chi connectivity index (χ3v) is 7.63. The highest BCUT2D eigenvalue weighted by molar-refractivity contribution is 6.97. The van der Waals surface area contributed by atoms with E-state index >= 15 is 0 Å². The van der Waals surface area contributed by atoms with E-state index in [1.165, 1.54) is 77.6 Å². The van der Waals surface area contributed by atoms with Crippen molar-refractivity contribution in [2.45, 2.75) is 68.7 Å². The molecule has 0 aromatic heterocycles. The Balaban J connectivity index is 1.99. The van der Waals surface area contributed by atoms with Crippen molar-refractivity contribution >= 4 is 23.1 Å². The number of aryl methyl sites for hydroxylation is 9. The maximum absolute atomic E-state index is 2.40. The molecular formula is C34H39B. The molecule has 0 fully saturated rings. The van der Waals surface area contributed by atoms with Crippen LogP contribution in [0, 0.1) is 55.4 Å². The lowest BCUT2D eigenvalue weighted by Gasteiger charge is -2.27. The molecule has 0 nitrogen and oxygen atoms in total. The Morgan fingerprint density at radius 3 is 1.14 bits per heavy atom. The summed E-state index contributed by atoms with van der Waals surface area (Å²) in [6.45, 7) is 20.6. The highest BCUT2D eigenvalue weighted by atomic mass is 14.2. The molecule has 0 atom stereocenters. The first-order valence-corrected chi connectivity index (χ1v) is 13.0. The molecule has 0 heterocycles. The van der Waals surface area contributed by atoms with Crippen LogP contribution in [0.25, 0.3) is 11.1 Å². The molecule has 178 valence electrons. The Bertz CT molecular complexity index is 1260. The van der Waals surface area contributed by atoms with E-state index in [1.807, 2.05) is 0 Å². The number of rotatable bonds is 5. The van der Waals surface area contributed by atoms with Gasteiger partial charge in [0.25, 0.3) is 0 Å². The number of benzene rings is 4. The first-order chi connectivity index (χ1) is 16.6. The van der Waals surface area contributed by atoms with Crippen LogP contribution in [-0.2, 0) is 6.42 Å². The molecule has 0 aliphatic heterocycles. The normalized spacial score (nSPS) is 11.1. The minimum atomic E-state index is 0.215. The first kappa shape index (κ1) is 25.1. The molecule has 4 rings (SSSR count). The van der Waals surface area contributed by atoms with Gasteiger partial charge in [0, 0.05) is 0 Å². The average molecular weight is 458 g/mol. The van der Waals surface area contributed by atoms with E-state index in [1.54, 1.807) is 0 Å². The molecule has 0 saturated heterocycles. The lowest BCUT2D eigenvalue weighted by molar-refractivity contribution is 1.14. The van der Waals surface area contributed by atoms with E-state index in [0.717, 1.165) is 6.42 Å². The van der Waals surface area contributed by atoms with E-state index in [4.69, 9.17) is 0 Å². The molecule has 0 unspecified atom stereocenters. The topological polar surface area (TPSA) is 0 Å². The zero-order chi connectivity index (χ0) is 25.4. The quantitative estimate of drug-likeness (QED) is 0.286. The molecule has 0 radical (unpaired) electrons. The molecule has 0 spiro atoms. The van der Waals surface area contributed by atoms with Gasteiger partial charge in [0.15, 0.2) is 0 Å². The Kier molecular flexibility index (Phi) is 7.08. The fraction of sp³-hybridized carbons (Fsp3) is 0.294. The van der Waals surface area contributed by atoms with Crippen molar-refractivity contribution < 1.29 is 0 Å². The summed E-state index contributed by atoms with van der Waals surface area (Å²) in [5.41, 5.74) is 19.3. The molecule has 0 bridgehead atoms. The molecule has 35 heavy (non-hydrogen) atoms. The zero-order valence-electron chi connectivity index (χ0n) is 23.1. The van der Waals surface area contributed by atoms with E-state index in [0.29, 0.717) is 0 Å². The second kappa shape index (κ2) is 9.90. The Morgan fingerprint density at radius 2 is 0.800 bits per heavy atom. The minimum Gasteiger partial charge on any atom is -0.0629 e. The van der Waals surface area contributed by atoms with Gasteiger partial charge in [-0.3, -0.25) is 0 Å². The predicted molar refractivity (Wildman–Crippen MR) is 157 cm³/mol. The Labute approximate surface area is 213 Å². The lowest BCUT2D eigenvalue weighted by Crippen LogP contribution is -2.57. The van der Waals surface area contributed by atoms with Crippen molar-refractivity contribution in [1.82, 2.24) is 0 Å². The van der Waals surface area contributed by atoms with Gasteiger partial charge in [0.2, 0.25) is 6.71 Å². The third-order valence-electron chi connectivity index (χ3n) is 7.63. The van der Waals surface area contributed by atoms with Crippen molar-refractivity contribution in [2.24, 2.45) is 0 Å². The Hall–Kier alpha value is -3.06. The average Bonchev–Trinajstić information content (AvgIpc) is 2.77. The van der Waals surface area contributed by atoms with Crippen LogP contribution in [0.4, 0.5) is 0 Å². The standard InChI is InChI=1S/C34H39B/c1-10-29-11-13-30(14-12-29)31-19-27(8)34(28(9)20-31)35(32-23(4)15-21(2)16-24(32)5)33-25(6)17-22(3)18-26(33)7/h11-20H,10H2,1-9H3. The summed E-state index contributed by atoms with van der Waals surface area (Å²) in [5.74, 6) is 0. The predicted octanol–water partition coefficient (Wildman–Crippen LogP) is 6.90. The fourth-order valence-electron chi connectivity index (χ4n) is 6.26. The maximum Gasteiger partial charge on any atom is 0.243 e. The van der Waals surface area contributed by atoms with Crippen molar-refractivity contribution in [1.29, 1.82) is 0 Å². The number of hydrogen-bond donors (Lipinski definition) is 0. The van der Waals surface area contributed by atoms with Crippen molar-refractivity contribution in [2.75, 3.05) is 0 Å². The van der Waals surface area contributed by atoms with Crippen molar-refractivity contribution in [3.05, 3.63) is 111 Å². The van der Waals surface area contributed by atoms with Gasteiger partial charge in [-0.05, 0) is 78.5 Å². The first-order valence-electron chi connectivity index (χ1n) is 13.0. The maximum atomic E-state index is 2.40. The summed E-state index contributed by atoms with van der Waals surface area (Å²) in [4.78, 5) is 0. The highest BCUT2D eigenvalue weighted by Gasteiger charge is 2.31. The van der Waals surface area contributed by atoms with Crippen LogP contribution in [0.1, 0.15) is 57.0 Å². The molecule has 0 amide bonds. The molecule has 0 saturated carbocycles. The fourth-order valence-corrected chi connectivity index (χ4v) is 6.26. The van der Waals surface area contributed by atoms with E-state index < -0.39 is 0 Å². The summed E-state index contributed by atoms with van der Waals surface area (Å²) in [6.07, 6.45) is 1.07. The second-order valence-electron chi connectivity index (χ2n) is 10.6. The smallest absolute Gasteiger partial charge is 0.0629 e. The van der Waals surface area contributed by atoms with Crippen LogP contribution in [0.2, 0.25) is 0 Å². The van der Waals surface area contributed by atoms with Gasteiger partial charge in [-0.1, -0.05) is 128 Å². The molecule has 0 aliphatic carbocycles. The largest absolute Gasteiger partial charge is 0.243 e. The molecule has 1 heteroatoms. The van der Waals surface area contributed by atoms with E-state index in [2.05, 4.69) is 123 Å². The van der Waals surface area contributed by atoms with Gasteiger partial charge in [0.05, 0.1) is 0 Å². The van der Waals surface area contributed by atoms with Crippen LogP contribution in [0.15, 0.2) is 60.7 Å². The van der Waals surface area contributed by atoms with Gasteiger partial charge in [-0.15, -0.1) is 0 Å². The van der Waals surface area contributed by atoms with Crippen LogP contribution in [0.3, 0.4) is 0 Å².